The molecule has 0 aliphatic rings. The van der Waals surface area contributed by atoms with Gasteiger partial charge in [-0.3, -0.25) is 9.59 Å². The summed E-state index contributed by atoms with van der Waals surface area (Å²) in [7, 11) is 0. The van der Waals surface area contributed by atoms with E-state index in [0.717, 1.165) is 18.1 Å². The molecule has 0 spiro atoms. The van der Waals surface area contributed by atoms with Crippen molar-refractivity contribution in [3.63, 3.8) is 0 Å². The Morgan fingerprint density at radius 1 is 1.04 bits per heavy atom. The number of carbonyl (C=O) groups is 2. The highest BCUT2D eigenvalue weighted by Gasteiger charge is 2.28. The van der Waals surface area contributed by atoms with Gasteiger partial charge in [0.1, 0.15) is 30.0 Å². The van der Waals surface area contributed by atoms with Gasteiger partial charge in [-0.05, 0) is 44.2 Å². The van der Waals surface area contributed by atoms with E-state index in [1.807, 2.05) is 13.8 Å². The molecule has 0 atom stereocenters. The molecule has 2 rings (SSSR count). The lowest BCUT2D eigenvalue weighted by molar-refractivity contribution is 0.0996. The molecule has 4 heteroatoms. The van der Waals surface area contributed by atoms with Crippen LogP contribution in [0.3, 0.4) is 0 Å². The van der Waals surface area contributed by atoms with E-state index in [4.69, 9.17) is 9.47 Å². The molecule has 0 amide bonds. The van der Waals surface area contributed by atoms with Gasteiger partial charge in [0, 0.05) is 11.1 Å². The van der Waals surface area contributed by atoms with Crippen LogP contribution in [-0.2, 0) is 5.60 Å². The first-order valence-electron chi connectivity index (χ1n) is 7.58. The monoisotopic (exact) mass is 324 g/mol. The van der Waals surface area contributed by atoms with Crippen molar-refractivity contribution >= 4 is 12.6 Å². The van der Waals surface area contributed by atoms with Crippen LogP contribution in [0.2, 0.25) is 0 Å². The molecule has 24 heavy (non-hydrogen) atoms. The molecule has 0 saturated heterocycles. The third-order valence-electron chi connectivity index (χ3n) is 3.56. The Labute approximate surface area is 141 Å². The highest BCUT2D eigenvalue weighted by atomic mass is 16.5. The van der Waals surface area contributed by atoms with E-state index < -0.39 is 5.60 Å². The second-order valence-electron chi connectivity index (χ2n) is 5.74. The summed E-state index contributed by atoms with van der Waals surface area (Å²) in [5.41, 5.74) is 0.894. The first-order valence-corrected chi connectivity index (χ1v) is 7.58. The van der Waals surface area contributed by atoms with Crippen molar-refractivity contribution < 1.29 is 19.1 Å². The molecule has 0 radical (unpaired) electrons. The van der Waals surface area contributed by atoms with Crippen LogP contribution in [0.5, 0.6) is 11.5 Å². The Balaban J connectivity index is 2.44. The van der Waals surface area contributed by atoms with Crippen molar-refractivity contribution in [2.45, 2.75) is 19.4 Å². The predicted octanol–water partition coefficient (Wildman–Crippen LogP) is 4.19. The molecule has 124 valence electrons. The maximum Gasteiger partial charge on any atom is 0.153 e. The van der Waals surface area contributed by atoms with Crippen molar-refractivity contribution in [2.24, 2.45) is 0 Å². The smallest absolute Gasteiger partial charge is 0.153 e. The highest BCUT2D eigenvalue weighted by molar-refractivity contribution is 5.79. The van der Waals surface area contributed by atoms with Crippen molar-refractivity contribution in [3.05, 3.63) is 71.8 Å². The van der Waals surface area contributed by atoms with Gasteiger partial charge in [0.2, 0.25) is 0 Å². The molecule has 0 N–H and O–H groups in total. The lowest BCUT2D eigenvalue weighted by Gasteiger charge is -2.29. The minimum Gasteiger partial charge on any atom is -0.489 e. The standard InChI is InChI=1S/C20H20O4/c1-4-11-23-19-10-9-15(13-21)12-17(19)20(2,3)24-18-8-6-5-7-16(18)14-22/h4-10,12-14H,1,11H2,2-3H3. The maximum atomic E-state index is 11.2. The lowest BCUT2D eigenvalue weighted by atomic mass is 9.94. The minimum absolute atomic E-state index is 0.342. The van der Waals surface area contributed by atoms with Gasteiger partial charge in [0.15, 0.2) is 6.29 Å². The van der Waals surface area contributed by atoms with Crippen LogP contribution in [0.1, 0.15) is 40.1 Å². The van der Waals surface area contributed by atoms with E-state index in [-0.39, 0.29) is 0 Å². The SMILES string of the molecule is C=CCOc1ccc(C=O)cc1C(C)(C)Oc1ccccc1C=O. The Kier molecular flexibility index (Phi) is 5.53. The van der Waals surface area contributed by atoms with E-state index in [1.165, 1.54) is 0 Å². The minimum atomic E-state index is -0.811. The second-order valence-corrected chi connectivity index (χ2v) is 5.74. The van der Waals surface area contributed by atoms with Gasteiger partial charge >= 0.3 is 0 Å². The summed E-state index contributed by atoms with van der Waals surface area (Å²) in [5.74, 6) is 1.08. The van der Waals surface area contributed by atoms with Crippen molar-refractivity contribution in [3.8, 4) is 11.5 Å². The first-order chi connectivity index (χ1) is 11.5. The van der Waals surface area contributed by atoms with Crippen LogP contribution in [0, 0.1) is 0 Å². The van der Waals surface area contributed by atoms with Crippen LogP contribution < -0.4 is 9.47 Å². The fourth-order valence-electron chi connectivity index (χ4n) is 2.37. The molecule has 0 unspecified atom stereocenters. The number of rotatable bonds is 8. The third kappa shape index (κ3) is 3.90. The van der Waals surface area contributed by atoms with Crippen molar-refractivity contribution in [2.75, 3.05) is 6.61 Å². The Bertz CT molecular complexity index is 747. The quantitative estimate of drug-likeness (QED) is 0.540. The van der Waals surface area contributed by atoms with Gasteiger partial charge in [-0.1, -0.05) is 24.8 Å². The van der Waals surface area contributed by atoms with Crippen LogP contribution in [0.15, 0.2) is 55.1 Å². The summed E-state index contributed by atoms with van der Waals surface area (Å²) in [6.45, 7) is 7.70. The Morgan fingerprint density at radius 3 is 2.46 bits per heavy atom. The number of aldehydes is 2. The molecule has 0 aliphatic carbocycles. The molecule has 0 fully saturated rings. The zero-order valence-electron chi connectivity index (χ0n) is 13.8. The topological polar surface area (TPSA) is 52.6 Å². The van der Waals surface area contributed by atoms with Gasteiger partial charge in [0.25, 0.3) is 0 Å². The molecule has 0 aliphatic heterocycles. The third-order valence-corrected chi connectivity index (χ3v) is 3.56. The largest absolute Gasteiger partial charge is 0.489 e. The van der Waals surface area contributed by atoms with Crippen LogP contribution >= 0.6 is 0 Å². The summed E-state index contributed by atoms with van der Waals surface area (Å²) in [6.07, 6.45) is 3.17. The van der Waals surface area contributed by atoms with Crippen molar-refractivity contribution in [1.29, 1.82) is 0 Å². The molecule has 0 heterocycles. The average molecular weight is 324 g/mol. The van der Waals surface area contributed by atoms with Gasteiger partial charge in [-0.25, -0.2) is 0 Å². The summed E-state index contributed by atoms with van der Waals surface area (Å²) in [4.78, 5) is 22.3. The number of ether oxygens (including phenoxy) is 2. The summed E-state index contributed by atoms with van der Waals surface area (Å²) < 4.78 is 11.8. The molecule has 2 aromatic rings. The average Bonchev–Trinajstić information content (AvgIpc) is 2.60. The first kappa shape index (κ1) is 17.5. The van der Waals surface area contributed by atoms with E-state index in [1.54, 1.807) is 48.5 Å². The van der Waals surface area contributed by atoms with E-state index in [2.05, 4.69) is 6.58 Å². The highest BCUT2D eigenvalue weighted by Crippen LogP contribution is 2.35. The number of para-hydroxylation sites is 1. The molecule has 4 nitrogen and oxygen atoms in total. The number of hydrogen-bond donors (Lipinski definition) is 0. The molecule has 0 bridgehead atoms. The summed E-state index contributed by atoms with van der Waals surface area (Å²) in [5, 5.41) is 0. The van der Waals surface area contributed by atoms with E-state index in [9.17, 15) is 9.59 Å². The Hall–Kier alpha value is -2.88. The van der Waals surface area contributed by atoms with Gasteiger partial charge in [-0.2, -0.15) is 0 Å². The summed E-state index contributed by atoms with van der Waals surface area (Å²) >= 11 is 0. The summed E-state index contributed by atoms with van der Waals surface area (Å²) in [6, 6.07) is 12.2. The number of carbonyl (C=O) groups excluding carboxylic acids is 2. The molecule has 0 saturated carbocycles. The predicted molar refractivity (Wildman–Crippen MR) is 93.0 cm³/mol. The maximum absolute atomic E-state index is 11.2. The van der Waals surface area contributed by atoms with E-state index in [0.29, 0.717) is 29.2 Å². The molecule has 0 aromatic heterocycles. The number of benzene rings is 2. The fraction of sp³-hybridized carbons (Fsp3) is 0.200. The zero-order valence-corrected chi connectivity index (χ0v) is 13.8. The molecular weight excluding hydrogens is 304 g/mol. The Morgan fingerprint density at radius 2 is 1.79 bits per heavy atom. The van der Waals surface area contributed by atoms with Gasteiger partial charge in [-0.15, -0.1) is 0 Å². The van der Waals surface area contributed by atoms with Gasteiger partial charge in [0.05, 0.1) is 5.56 Å². The van der Waals surface area contributed by atoms with E-state index >= 15 is 0 Å². The van der Waals surface area contributed by atoms with Gasteiger partial charge < -0.3 is 9.47 Å². The van der Waals surface area contributed by atoms with Crippen LogP contribution in [-0.4, -0.2) is 19.2 Å². The van der Waals surface area contributed by atoms with Crippen LogP contribution in [0.4, 0.5) is 0 Å². The zero-order chi connectivity index (χ0) is 17.6. The fourth-order valence-corrected chi connectivity index (χ4v) is 2.37. The van der Waals surface area contributed by atoms with Crippen LogP contribution in [0.25, 0.3) is 0 Å². The second kappa shape index (κ2) is 7.59. The molecular formula is C20H20O4. The molecule has 2 aromatic carbocycles. The lowest BCUT2D eigenvalue weighted by Crippen LogP contribution is -2.27. The number of hydrogen-bond acceptors (Lipinski definition) is 4. The van der Waals surface area contributed by atoms with Crippen molar-refractivity contribution in [1.82, 2.24) is 0 Å². The normalized spacial score (nSPS) is 10.8.